The van der Waals surface area contributed by atoms with Gasteiger partial charge in [0.2, 0.25) is 11.8 Å². The van der Waals surface area contributed by atoms with E-state index < -0.39 is 0 Å². The van der Waals surface area contributed by atoms with Gasteiger partial charge in [-0.1, -0.05) is 19.8 Å². The van der Waals surface area contributed by atoms with E-state index in [2.05, 4.69) is 17.6 Å². The third-order valence-electron chi connectivity index (χ3n) is 3.60. The van der Waals surface area contributed by atoms with E-state index in [0.717, 1.165) is 32.1 Å². The van der Waals surface area contributed by atoms with E-state index in [1.54, 1.807) is 0 Å². The Kier molecular flexibility index (Phi) is 20.1. The number of methoxy groups -OCH3 is 1. The zero-order valence-electron chi connectivity index (χ0n) is 17.1. The second-order valence-corrected chi connectivity index (χ2v) is 6.13. The highest BCUT2D eigenvalue weighted by molar-refractivity contribution is 5.77. The molecule has 0 aromatic carbocycles. The quantitative estimate of drug-likeness (QED) is 0.304. The fourth-order valence-electron chi connectivity index (χ4n) is 2.15. The van der Waals surface area contributed by atoms with E-state index in [1.165, 1.54) is 7.11 Å². The molecule has 0 radical (unpaired) electrons. The van der Waals surface area contributed by atoms with Gasteiger partial charge in [-0.2, -0.15) is 0 Å². The Morgan fingerprint density at radius 3 is 1.74 bits per heavy atom. The Balaban J connectivity index is 3.12. The number of carbonyl (C=O) groups is 2. The summed E-state index contributed by atoms with van der Waals surface area (Å²) in [7, 11) is 1.49. The fraction of sp³-hybridized carbons (Fsp3) is 0.895. The highest BCUT2D eigenvalue weighted by atomic mass is 16.5. The van der Waals surface area contributed by atoms with Crippen LogP contribution in [0.15, 0.2) is 0 Å². The van der Waals surface area contributed by atoms with Gasteiger partial charge in [0.15, 0.2) is 0 Å². The number of unbranched alkanes of at least 4 members (excludes halogenated alkanes) is 2. The van der Waals surface area contributed by atoms with Gasteiger partial charge >= 0.3 is 0 Å². The van der Waals surface area contributed by atoms with Gasteiger partial charge in [-0.05, 0) is 19.3 Å². The Morgan fingerprint density at radius 2 is 1.22 bits per heavy atom. The van der Waals surface area contributed by atoms with Crippen LogP contribution in [0.3, 0.4) is 0 Å². The van der Waals surface area contributed by atoms with Crippen LogP contribution in [0.5, 0.6) is 0 Å². The van der Waals surface area contributed by atoms with E-state index in [9.17, 15) is 9.59 Å². The average Bonchev–Trinajstić information content (AvgIpc) is 2.65. The van der Waals surface area contributed by atoms with Crippen LogP contribution >= 0.6 is 0 Å². The second-order valence-electron chi connectivity index (χ2n) is 6.13. The van der Waals surface area contributed by atoms with Crippen LogP contribution in [0.2, 0.25) is 0 Å². The molecule has 0 saturated carbocycles. The second kappa shape index (κ2) is 21.1. The fourth-order valence-corrected chi connectivity index (χ4v) is 2.15. The van der Waals surface area contributed by atoms with Crippen molar-refractivity contribution < 1.29 is 28.5 Å². The van der Waals surface area contributed by atoms with Crippen molar-refractivity contribution in [3.05, 3.63) is 0 Å². The minimum atomic E-state index is -0.116. The first kappa shape index (κ1) is 25.8. The molecule has 0 spiro atoms. The van der Waals surface area contributed by atoms with Crippen LogP contribution in [0.1, 0.15) is 45.4 Å². The molecule has 0 bridgehead atoms. The van der Waals surface area contributed by atoms with Crippen LogP contribution < -0.4 is 10.6 Å². The van der Waals surface area contributed by atoms with Gasteiger partial charge in [0.25, 0.3) is 0 Å². The molecule has 2 N–H and O–H groups in total. The number of carbonyl (C=O) groups excluding carboxylic acids is 2. The summed E-state index contributed by atoms with van der Waals surface area (Å²) < 4.78 is 21.0. The van der Waals surface area contributed by atoms with Crippen molar-refractivity contribution in [3.8, 4) is 0 Å². The topological polar surface area (TPSA) is 95.1 Å². The third kappa shape index (κ3) is 20.9. The van der Waals surface area contributed by atoms with Gasteiger partial charge in [0.05, 0.1) is 26.4 Å². The van der Waals surface area contributed by atoms with E-state index in [4.69, 9.17) is 18.9 Å². The summed E-state index contributed by atoms with van der Waals surface area (Å²) in [6.07, 6.45) is 5.38. The molecule has 8 heteroatoms. The summed E-state index contributed by atoms with van der Waals surface area (Å²) in [5, 5.41) is 5.62. The van der Waals surface area contributed by atoms with E-state index in [1.807, 2.05) is 0 Å². The van der Waals surface area contributed by atoms with E-state index in [0.29, 0.717) is 59.2 Å². The lowest BCUT2D eigenvalue weighted by atomic mass is 10.2. The predicted molar refractivity (Wildman–Crippen MR) is 104 cm³/mol. The normalized spacial score (nSPS) is 10.7. The molecule has 0 fully saturated rings. The number of amides is 2. The minimum Gasteiger partial charge on any atom is -0.379 e. The van der Waals surface area contributed by atoms with Crippen LogP contribution in [0, 0.1) is 0 Å². The smallest absolute Gasteiger partial charge is 0.245 e. The number of hydrogen-bond donors (Lipinski definition) is 2. The van der Waals surface area contributed by atoms with Crippen molar-refractivity contribution in [1.29, 1.82) is 0 Å². The van der Waals surface area contributed by atoms with Gasteiger partial charge in [-0.3, -0.25) is 9.59 Å². The Hall–Kier alpha value is -1.22. The molecule has 160 valence electrons. The van der Waals surface area contributed by atoms with Gasteiger partial charge in [-0.15, -0.1) is 0 Å². The van der Waals surface area contributed by atoms with Crippen LogP contribution in [0.25, 0.3) is 0 Å². The maximum absolute atomic E-state index is 11.5. The lowest BCUT2D eigenvalue weighted by molar-refractivity contribution is -0.124. The third-order valence-corrected chi connectivity index (χ3v) is 3.60. The van der Waals surface area contributed by atoms with Gasteiger partial charge < -0.3 is 29.6 Å². The largest absolute Gasteiger partial charge is 0.379 e. The Labute approximate surface area is 163 Å². The molecule has 0 aliphatic rings. The SMILES string of the molecule is CCCCCC(=O)NCCCOCCOCCOCCCNC(=O)COC. The average molecular weight is 391 g/mol. The summed E-state index contributed by atoms with van der Waals surface area (Å²) in [5.74, 6) is 0.0133. The van der Waals surface area contributed by atoms with Crippen molar-refractivity contribution in [2.75, 3.05) is 66.4 Å². The molecule has 0 saturated heterocycles. The lowest BCUT2D eigenvalue weighted by Crippen LogP contribution is -2.28. The Bertz CT molecular complexity index is 355. The molecular weight excluding hydrogens is 352 g/mol. The summed E-state index contributed by atoms with van der Waals surface area (Å²) >= 11 is 0. The van der Waals surface area contributed by atoms with E-state index >= 15 is 0 Å². The highest BCUT2D eigenvalue weighted by Gasteiger charge is 2.00. The number of hydrogen-bond acceptors (Lipinski definition) is 6. The molecule has 0 aliphatic heterocycles. The minimum absolute atomic E-state index is 0.0877. The monoisotopic (exact) mass is 390 g/mol. The number of nitrogens with one attached hydrogen (secondary N) is 2. The predicted octanol–water partition coefficient (Wildman–Crippen LogP) is 1.28. The van der Waals surface area contributed by atoms with Crippen molar-refractivity contribution in [3.63, 3.8) is 0 Å². The maximum atomic E-state index is 11.5. The van der Waals surface area contributed by atoms with Crippen molar-refractivity contribution in [1.82, 2.24) is 10.6 Å². The van der Waals surface area contributed by atoms with E-state index in [-0.39, 0.29) is 18.4 Å². The summed E-state index contributed by atoms with van der Waals surface area (Å²) in [4.78, 5) is 22.6. The van der Waals surface area contributed by atoms with Crippen molar-refractivity contribution in [2.24, 2.45) is 0 Å². The van der Waals surface area contributed by atoms with Crippen molar-refractivity contribution >= 4 is 11.8 Å². The molecule has 0 atom stereocenters. The molecule has 8 nitrogen and oxygen atoms in total. The van der Waals surface area contributed by atoms with Crippen LogP contribution in [0.4, 0.5) is 0 Å². The van der Waals surface area contributed by atoms with Crippen molar-refractivity contribution in [2.45, 2.75) is 45.4 Å². The molecule has 0 unspecified atom stereocenters. The zero-order valence-corrected chi connectivity index (χ0v) is 17.1. The molecular formula is C19H38N2O6. The zero-order chi connectivity index (χ0) is 20.0. The molecule has 2 amide bonds. The first-order chi connectivity index (χ1) is 13.2. The first-order valence-electron chi connectivity index (χ1n) is 9.96. The summed E-state index contributed by atoms with van der Waals surface area (Å²) in [5.41, 5.74) is 0. The standard InChI is InChI=1S/C19H38N2O6/c1-3-4-5-8-18(22)20-9-6-11-25-13-15-27-16-14-26-12-7-10-21-19(23)17-24-2/h3-17H2,1-2H3,(H,20,22)(H,21,23). The van der Waals surface area contributed by atoms with Crippen LogP contribution in [-0.2, 0) is 28.5 Å². The maximum Gasteiger partial charge on any atom is 0.245 e. The molecule has 0 heterocycles. The van der Waals surface area contributed by atoms with Gasteiger partial charge in [0.1, 0.15) is 6.61 Å². The molecule has 0 aromatic rings. The summed E-state index contributed by atoms with van der Waals surface area (Å²) in [6.45, 7) is 6.76. The number of ether oxygens (including phenoxy) is 4. The van der Waals surface area contributed by atoms with Gasteiger partial charge in [0, 0.05) is 39.8 Å². The molecule has 0 rings (SSSR count). The van der Waals surface area contributed by atoms with Gasteiger partial charge in [-0.25, -0.2) is 0 Å². The number of rotatable bonds is 20. The van der Waals surface area contributed by atoms with Crippen LogP contribution in [-0.4, -0.2) is 78.3 Å². The Morgan fingerprint density at radius 1 is 0.704 bits per heavy atom. The highest BCUT2D eigenvalue weighted by Crippen LogP contribution is 1.98. The first-order valence-corrected chi connectivity index (χ1v) is 9.96. The lowest BCUT2D eigenvalue weighted by Gasteiger charge is -2.08. The molecule has 0 aromatic heterocycles. The summed E-state index contributed by atoms with van der Waals surface area (Å²) in [6, 6.07) is 0. The molecule has 27 heavy (non-hydrogen) atoms. The molecule has 0 aliphatic carbocycles.